The average molecular weight is 263 g/mol. The highest BCUT2D eigenvalue weighted by Gasteiger charge is 2.01. The molecule has 0 amide bonds. The molecule has 0 fully saturated rings. The Balaban J connectivity index is 1.69. The first-order chi connectivity index (χ1) is 8.90. The average Bonchev–Trinajstić information content (AvgIpc) is 2.92. The molecule has 0 aliphatic carbocycles. The first kappa shape index (κ1) is 13.1. The van der Waals surface area contributed by atoms with Gasteiger partial charge in [-0.3, -0.25) is 0 Å². The zero-order chi connectivity index (χ0) is 12.6. The highest BCUT2D eigenvalue weighted by Crippen LogP contribution is 2.28. The van der Waals surface area contributed by atoms with E-state index in [9.17, 15) is 0 Å². The highest BCUT2D eigenvalue weighted by atomic mass is 32.2. The molecule has 1 heterocycles. The van der Waals surface area contributed by atoms with Crippen LogP contribution in [-0.2, 0) is 6.54 Å². The molecule has 2 rings (SSSR count). The maximum absolute atomic E-state index is 5.31. The minimum Gasteiger partial charge on any atom is -0.496 e. The van der Waals surface area contributed by atoms with Crippen molar-refractivity contribution in [2.45, 2.75) is 11.4 Å². The second kappa shape index (κ2) is 7.13. The summed E-state index contributed by atoms with van der Waals surface area (Å²) >= 11 is 1.79. The molecule has 96 valence electrons. The lowest BCUT2D eigenvalue weighted by molar-refractivity contribution is 0.405. The number of benzene rings is 1. The van der Waals surface area contributed by atoms with Crippen molar-refractivity contribution in [2.75, 3.05) is 19.4 Å². The van der Waals surface area contributed by atoms with Crippen molar-refractivity contribution in [3.05, 3.63) is 48.4 Å². The van der Waals surface area contributed by atoms with Gasteiger partial charge in [0, 0.05) is 17.2 Å². The van der Waals surface area contributed by atoms with Crippen LogP contribution in [0, 0.1) is 0 Å². The van der Waals surface area contributed by atoms with Crippen LogP contribution in [0.25, 0.3) is 0 Å². The predicted octanol–water partition coefficient (Wildman–Crippen LogP) is 3.17. The summed E-state index contributed by atoms with van der Waals surface area (Å²) in [6.45, 7) is 1.71. The first-order valence-electron chi connectivity index (χ1n) is 5.89. The van der Waals surface area contributed by atoms with Gasteiger partial charge < -0.3 is 14.5 Å². The van der Waals surface area contributed by atoms with Crippen molar-refractivity contribution in [2.24, 2.45) is 0 Å². The maximum atomic E-state index is 5.31. The van der Waals surface area contributed by atoms with Crippen molar-refractivity contribution >= 4 is 11.8 Å². The number of rotatable bonds is 7. The molecular weight excluding hydrogens is 246 g/mol. The van der Waals surface area contributed by atoms with E-state index >= 15 is 0 Å². The first-order valence-corrected chi connectivity index (χ1v) is 6.87. The van der Waals surface area contributed by atoms with Crippen molar-refractivity contribution < 1.29 is 9.15 Å². The maximum Gasteiger partial charge on any atom is 0.132 e. The van der Waals surface area contributed by atoms with Crippen LogP contribution in [0.4, 0.5) is 0 Å². The molecule has 4 heteroatoms. The molecule has 2 aromatic rings. The molecule has 0 unspecified atom stereocenters. The van der Waals surface area contributed by atoms with Crippen molar-refractivity contribution in [3.63, 3.8) is 0 Å². The van der Waals surface area contributed by atoms with Gasteiger partial charge >= 0.3 is 0 Å². The molecule has 3 nitrogen and oxygen atoms in total. The molecule has 1 aromatic heterocycles. The number of ether oxygens (including phenoxy) is 1. The van der Waals surface area contributed by atoms with Crippen LogP contribution in [-0.4, -0.2) is 19.4 Å². The number of methoxy groups -OCH3 is 1. The summed E-state index contributed by atoms with van der Waals surface area (Å²) < 4.78 is 10.6. The Bertz CT molecular complexity index is 457. The van der Waals surface area contributed by atoms with Gasteiger partial charge in [0.25, 0.3) is 0 Å². The molecule has 1 aromatic carbocycles. The van der Waals surface area contributed by atoms with E-state index in [2.05, 4.69) is 11.4 Å². The normalized spacial score (nSPS) is 10.5. The van der Waals surface area contributed by atoms with Gasteiger partial charge in [-0.1, -0.05) is 12.1 Å². The number of thioether (sulfide) groups is 1. The number of furan rings is 1. The molecule has 0 aliphatic rings. The smallest absolute Gasteiger partial charge is 0.132 e. The largest absolute Gasteiger partial charge is 0.496 e. The number of hydrogen-bond acceptors (Lipinski definition) is 4. The SMILES string of the molecule is COc1ccccc1SCCNCc1ccco1. The fourth-order valence-electron chi connectivity index (χ4n) is 1.60. The Morgan fingerprint density at radius 3 is 2.89 bits per heavy atom. The van der Waals surface area contributed by atoms with E-state index < -0.39 is 0 Å². The molecule has 0 saturated heterocycles. The van der Waals surface area contributed by atoms with E-state index in [1.807, 2.05) is 30.3 Å². The summed E-state index contributed by atoms with van der Waals surface area (Å²) in [4.78, 5) is 1.18. The fraction of sp³-hybridized carbons (Fsp3) is 0.286. The second-order valence-corrected chi connectivity index (χ2v) is 4.89. The minimum absolute atomic E-state index is 0.777. The molecule has 1 N–H and O–H groups in total. The summed E-state index contributed by atoms with van der Waals surface area (Å²) in [5.74, 6) is 2.91. The van der Waals surface area contributed by atoms with Crippen LogP contribution < -0.4 is 10.1 Å². The van der Waals surface area contributed by atoms with Gasteiger partial charge in [0.1, 0.15) is 11.5 Å². The monoisotopic (exact) mass is 263 g/mol. The van der Waals surface area contributed by atoms with Gasteiger partial charge in [0.05, 0.1) is 19.9 Å². The Labute approximate surface area is 112 Å². The number of hydrogen-bond donors (Lipinski definition) is 1. The molecule has 18 heavy (non-hydrogen) atoms. The third kappa shape index (κ3) is 3.82. The molecule has 0 bridgehead atoms. The van der Waals surface area contributed by atoms with Crippen LogP contribution in [0.2, 0.25) is 0 Å². The third-order valence-corrected chi connectivity index (χ3v) is 3.54. The second-order valence-electron chi connectivity index (χ2n) is 3.76. The summed E-state index contributed by atoms with van der Waals surface area (Å²) in [5.41, 5.74) is 0. The topological polar surface area (TPSA) is 34.4 Å². The fourth-order valence-corrected chi connectivity index (χ4v) is 2.53. The lowest BCUT2D eigenvalue weighted by atomic mass is 10.3. The van der Waals surface area contributed by atoms with Crippen LogP contribution in [0.3, 0.4) is 0 Å². The van der Waals surface area contributed by atoms with Gasteiger partial charge in [0.2, 0.25) is 0 Å². The van der Waals surface area contributed by atoms with E-state index in [1.165, 1.54) is 4.90 Å². The summed E-state index contributed by atoms with van der Waals surface area (Å²) in [6.07, 6.45) is 1.70. The Hall–Kier alpha value is -1.39. The molecule has 0 aliphatic heterocycles. The lowest BCUT2D eigenvalue weighted by Gasteiger charge is -2.07. The van der Waals surface area contributed by atoms with Gasteiger partial charge in [-0.25, -0.2) is 0 Å². The Morgan fingerprint density at radius 2 is 2.11 bits per heavy atom. The van der Waals surface area contributed by atoms with Crippen molar-refractivity contribution in [1.29, 1.82) is 0 Å². The zero-order valence-electron chi connectivity index (χ0n) is 10.4. The lowest BCUT2D eigenvalue weighted by Crippen LogP contribution is -2.16. The van der Waals surface area contributed by atoms with Crippen LogP contribution in [0.5, 0.6) is 5.75 Å². The Kier molecular flexibility index (Phi) is 5.17. The molecule has 0 spiro atoms. The third-order valence-electron chi connectivity index (χ3n) is 2.48. The minimum atomic E-state index is 0.777. The zero-order valence-corrected chi connectivity index (χ0v) is 11.2. The van der Waals surface area contributed by atoms with Crippen molar-refractivity contribution in [1.82, 2.24) is 5.32 Å². The number of para-hydroxylation sites is 1. The standard InChI is InChI=1S/C14H17NO2S/c1-16-13-6-2-3-7-14(13)18-10-8-15-11-12-5-4-9-17-12/h2-7,9,15H,8,10-11H2,1H3. The summed E-state index contributed by atoms with van der Waals surface area (Å²) in [5, 5.41) is 3.34. The quantitative estimate of drug-likeness (QED) is 0.614. The molecular formula is C14H17NO2S. The molecule has 0 atom stereocenters. The van der Waals surface area contributed by atoms with E-state index in [4.69, 9.17) is 9.15 Å². The molecule has 0 saturated carbocycles. The van der Waals surface area contributed by atoms with Gasteiger partial charge in [0.15, 0.2) is 0 Å². The van der Waals surface area contributed by atoms with Crippen LogP contribution >= 0.6 is 11.8 Å². The van der Waals surface area contributed by atoms with E-state index in [0.717, 1.165) is 30.4 Å². The molecule has 0 radical (unpaired) electrons. The number of nitrogens with one attached hydrogen (secondary N) is 1. The van der Waals surface area contributed by atoms with Gasteiger partial charge in [-0.2, -0.15) is 0 Å². The predicted molar refractivity (Wildman–Crippen MR) is 74.1 cm³/mol. The van der Waals surface area contributed by atoms with Crippen molar-refractivity contribution in [3.8, 4) is 5.75 Å². The summed E-state index contributed by atoms with van der Waals surface area (Å²) in [6, 6.07) is 12.0. The van der Waals surface area contributed by atoms with Crippen LogP contribution in [0.1, 0.15) is 5.76 Å². The van der Waals surface area contributed by atoms with E-state index in [0.29, 0.717) is 0 Å². The van der Waals surface area contributed by atoms with Gasteiger partial charge in [-0.05, 0) is 24.3 Å². The van der Waals surface area contributed by atoms with Gasteiger partial charge in [-0.15, -0.1) is 11.8 Å². The van der Waals surface area contributed by atoms with Crippen LogP contribution in [0.15, 0.2) is 52.0 Å². The Morgan fingerprint density at radius 1 is 1.22 bits per heavy atom. The van der Waals surface area contributed by atoms with E-state index in [1.54, 1.807) is 25.1 Å². The van der Waals surface area contributed by atoms with E-state index in [-0.39, 0.29) is 0 Å². The summed E-state index contributed by atoms with van der Waals surface area (Å²) in [7, 11) is 1.70. The highest BCUT2D eigenvalue weighted by molar-refractivity contribution is 7.99.